The Hall–Kier alpha value is -2.60. The van der Waals surface area contributed by atoms with E-state index >= 15 is 0 Å². The molecular weight excluding hydrogens is 326 g/mol. The Morgan fingerprint density at radius 3 is 2.88 bits per heavy atom. The molecule has 26 heavy (non-hydrogen) atoms. The summed E-state index contributed by atoms with van der Waals surface area (Å²) in [6.07, 6.45) is 4.67. The number of H-pyrrole nitrogens is 1. The summed E-state index contributed by atoms with van der Waals surface area (Å²) in [4.78, 5) is 15.8. The molecule has 6 nitrogen and oxygen atoms in total. The van der Waals surface area contributed by atoms with Gasteiger partial charge in [-0.15, -0.1) is 0 Å². The van der Waals surface area contributed by atoms with Crippen molar-refractivity contribution < 1.29 is 4.79 Å². The van der Waals surface area contributed by atoms with Crippen molar-refractivity contribution in [2.45, 2.75) is 38.6 Å². The van der Waals surface area contributed by atoms with E-state index in [0.717, 1.165) is 36.1 Å². The SMILES string of the molecule is CC(C)(C)c1ccc2cc(C(=O)Nc3cnn([C@@H]4CCNC4)c3)[nH]c2c1. The first-order chi connectivity index (χ1) is 12.4. The lowest BCUT2D eigenvalue weighted by atomic mass is 9.87. The van der Waals surface area contributed by atoms with Crippen molar-refractivity contribution in [3.8, 4) is 0 Å². The molecule has 1 fully saturated rings. The number of aromatic amines is 1. The van der Waals surface area contributed by atoms with Gasteiger partial charge in [-0.1, -0.05) is 32.9 Å². The maximum atomic E-state index is 12.6. The normalized spacial score (nSPS) is 17.7. The summed E-state index contributed by atoms with van der Waals surface area (Å²) in [5.74, 6) is -0.150. The minimum atomic E-state index is -0.150. The highest BCUT2D eigenvalue weighted by molar-refractivity contribution is 6.05. The van der Waals surface area contributed by atoms with E-state index in [4.69, 9.17) is 0 Å². The Morgan fingerprint density at radius 1 is 1.31 bits per heavy atom. The van der Waals surface area contributed by atoms with Crippen LogP contribution in [0.4, 0.5) is 5.69 Å². The first-order valence-electron chi connectivity index (χ1n) is 9.10. The summed E-state index contributed by atoms with van der Waals surface area (Å²) >= 11 is 0. The molecule has 0 saturated carbocycles. The molecule has 6 heteroatoms. The van der Waals surface area contributed by atoms with Gasteiger partial charge in [0.25, 0.3) is 5.91 Å². The van der Waals surface area contributed by atoms with E-state index in [1.165, 1.54) is 5.56 Å². The van der Waals surface area contributed by atoms with Crippen LogP contribution in [0.3, 0.4) is 0 Å². The third-order valence-corrected chi connectivity index (χ3v) is 5.00. The number of fused-ring (bicyclic) bond motifs is 1. The minimum Gasteiger partial charge on any atom is -0.351 e. The highest BCUT2D eigenvalue weighted by Gasteiger charge is 2.19. The van der Waals surface area contributed by atoms with E-state index in [1.807, 2.05) is 16.9 Å². The Labute approximate surface area is 153 Å². The average Bonchev–Trinajstić information content (AvgIpc) is 3.32. The lowest BCUT2D eigenvalue weighted by molar-refractivity contribution is 0.102. The maximum absolute atomic E-state index is 12.6. The van der Waals surface area contributed by atoms with Gasteiger partial charge >= 0.3 is 0 Å². The Kier molecular flexibility index (Phi) is 4.07. The van der Waals surface area contributed by atoms with Gasteiger partial charge < -0.3 is 15.6 Å². The minimum absolute atomic E-state index is 0.0748. The molecule has 1 aromatic carbocycles. The van der Waals surface area contributed by atoms with Crippen LogP contribution in [-0.2, 0) is 5.41 Å². The van der Waals surface area contributed by atoms with Crippen LogP contribution >= 0.6 is 0 Å². The van der Waals surface area contributed by atoms with Crippen LogP contribution in [0.2, 0.25) is 0 Å². The van der Waals surface area contributed by atoms with Crippen molar-refractivity contribution >= 4 is 22.5 Å². The molecular formula is C20H25N5O. The highest BCUT2D eigenvalue weighted by Crippen LogP contribution is 2.26. The molecule has 1 aliphatic rings. The summed E-state index contributed by atoms with van der Waals surface area (Å²) in [7, 11) is 0. The second-order valence-corrected chi connectivity index (χ2v) is 8.04. The van der Waals surface area contributed by atoms with Gasteiger partial charge in [-0.3, -0.25) is 9.48 Å². The lowest BCUT2D eigenvalue weighted by Gasteiger charge is -2.18. The number of rotatable bonds is 3. The molecule has 2 aromatic heterocycles. The number of carbonyl (C=O) groups is 1. The molecule has 0 bridgehead atoms. The summed E-state index contributed by atoms with van der Waals surface area (Å²) in [5.41, 5.74) is 3.57. The third kappa shape index (κ3) is 3.24. The molecule has 3 N–H and O–H groups in total. The predicted octanol–water partition coefficient (Wildman–Crippen LogP) is 3.45. The second kappa shape index (κ2) is 6.29. The first kappa shape index (κ1) is 16.8. The van der Waals surface area contributed by atoms with Crippen molar-refractivity contribution in [3.63, 3.8) is 0 Å². The topological polar surface area (TPSA) is 74.7 Å². The molecule has 0 radical (unpaired) electrons. The molecule has 1 saturated heterocycles. The molecule has 3 heterocycles. The Morgan fingerprint density at radius 2 is 2.15 bits per heavy atom. The standard InChI is InChI=1S/C20H25N5O/c1-20(2,3)14-5-4-13-8-18(24-17(13)9-14)19(26)23-15-10-22-25(12-15)16-6-7-21-11-16/h4-5,8-10,12,16,21,24H,6-7,11H2,1-3H3,(H,23,26)/t16-/m1/s1. The third-order valence-electron chi connectivity index (χ3n) is 5.00. The van der Waals surface area contributed by atoms with Gasteiger partial charge in [-0.2, -0.15) is 5.10 Å². The summed E-state index contributed by atoms with van der Waals surface area (Å²) in [5, 5.41) is 11.7. The molecule has 136 valence electrons. The van der Waals surface area contributed by atoms with Crippen molar-refractivity contribution in [3.05, 3.63) is 47.9 Å². The fraction of sp³-hybridized carbons (Fsp3) is 0.400. The van der Waals surface area contributed by atoms with Crippen LogP contribution in [-0.4, -0.2) is 33.8 Å². The van der Waals surface area contributed by atoms with Crippen LogP contribution in [0.15, 0.2) is 36.7 Å². The molecule has 1 aliphatic heterocycles. The van der Waals surface area contributed by atoms with E-state index in [1.54, 1.807) is 6.20 Å². The fourth-order valence-corrected chi connectivity index (χ4v) is 3.38. The van der Waals surface area contributed by atoms with Crippen LogP contribution in [0.25, 0.3) is 10.9 Å². The number of carbonyl (C=O) groups excluding carboxylic acids is 1. The van der Waals surface area contributed by atoms with Crippen molar-refractivity contribution in [2.24, 2.45) is 0 Å². The van der Waals surface area contributed by atoms with Crippen molar-refractivity contribution in [2.75, 3.05) is 18.4 Å². The maximum Gasteiger partial charge on any atom is 0.272 e. The number of benzene rings is 1. The number of nitrogens with zero attached hydrogens (tertiary/aromatic N) is 2. The van der Waals surface area contributed by atoms with Gasteiger partial charge in [-0.05, 0) is 36.1 Å². The van der Waals surface area contributed by atoms with E-state index in [0.29, 0.717) is 11.7 Å². The molecule has 0 unspecified atom stereocenters. The number of aromatic nitrogens is 3. The summed E-state index contributed by atoms with van der Waals surface area (Å²) < 4.78 is 1.93. The molecule has 1 amide bonds. The summed E-state index contributed by atoms with van der Waals surface area (Å²) in [6.45, 7) is 8.48. The van der Waals surface area contributed by atoms with Crippen LogP contribution in [0.5, 0.6) is 0 Å². The average molecular weight is 351 g/mol. The van der Waals surface area contributed by atoms with E-state index in [-0.39, 0.29) is 11.3 Å². The lowest BCUT2D eigenvalue weighted by Crippen LogP contribution is -2.14. The second-order valence-electron chi connectivity index (χ2n) is 8.04. The quantitative estimate of drug-likeness (QED) is 0.676. The molecule has 0 aliphatic carbocycles. The number of hydrogen-bond acceptors (Lipinski definition) is 3. The van der Waals surface area contributed by atoms with E-state index < -0.39 is 0 Å². The van der Waals surface area contributed by atoms with E-state index in [2.05, 4.69) is 59.7 Å². The zero-order valence-corrected chi connectivity index (χ0v) is 15.5. The van der Waals surface area contributed by atoms with E-state index in [9.17, 15) is 4.79 Å². The van der Waals surface area contributed by atoms with Gasteiger partial charge in [0.05, 0.1) is 17.9 Å². The van der Waals surface area contributed by atoms with Gasteiger partial charge in [0.2, 0.25) is 0 Å². The summed E-state index contributed by atoms with van der Waals surface area (Å²) in [6, 6.07) is 8.57. The largest absolute Gasteiger partial charge is 0.351 e. The molecule has 1 atom stereocenters. The van der Waals surface area contributed by atoms with Gasteiger partial charge in [-0.25, -0.2) is 0 Å². The molecule has 4 rings (SSSR count). The number of nitrogens with one attached hydrogen (secondary N) is 3. The molecule has 0 spiro atoms. The highest BCUT2D eigenvalue weighted by atomic mass is 16.1. The van der Waals surface area contributed by atoms with Crippen molar-refractivity contribution in [1.29, 1.82) is 0 Å². The smallest absolute Gasteiger partial charge is 0.272 e. The van der Waals surface area contributed by atoms with Gasteiger partial charge in [0, 0.05) is 23.6 Å². The first-order valence-corrected chi connectivity index (χ1v) is 9.10. The Balaban J connectivity index is 1.52. The monoisotopic (exact) mass is 351 g/mol. The number of amides is 1. The zero-order valence-electron chi connectivity index (χ0n) is 15.5. The number of anilines is 1. The van der Waals surface area contributed by atoms with Gasteiger partial charge in [0.15, 0.2) is 0 Å². The Bertz CT molecular complexity index is 941. The predicted molar refractivity (Wildman–Crippen MR) is 104 cm³/mol. The molecule has 3 aromatic rings. The van der Waals surface area contributed by atoms with Gasteiger partial charge in [0.1, 0.15) is 5.69 Å². The van der Waals surface area contributed by atoms with Crippen LogP contribution < -0.4 is 10.6 Å². The van der Waals surface area contributed by atoms with Crippen LogP contribution in [0, 0.1) is 0 Å². The number of hydrogen-bond donors (Lipinski definition) is 3. The van der Waals surface area contributed by atoms with Crippen molar-refractivity contribution in [1.82, 2.24) is 20.1 Å². The zero-order chi connectivity index (χ0) is 18.3. The van der Waals surface area contributed by atoms with Crippen LogP contribution in [0.1, 0.15) is 49.3 Å². The fourth-order valence-electron chi connectivity index (χ4n) is 3.38.